The van der Waals surface area contributed by atoms with Crippen LogP contribution in [-0.2, 0) is 4.74 Å². The van der Waals surface area contributed by atoms with Crippen LogP contribution in [0.15, 0.2) is 30.3 Å². The number of rotatable bonds is 5. The Balaban J connectivity index is 2.64. The van der Waals surface area contributed by atoms with Gasteiger partial charge in [0.05, 0.1) is 0 Å². The van der Waals surface area contributed by atoms with E-state index in [9.17, 15) is 4.79 Å². The molecule has 0 saturated heterocycles. The molecule has 3 nitrogen and oxygen atoms in total. The van der Waals surface area contributed by atoms with Crippen LogP contribution in [0.1, 0.15) is 38.4 Å². The maximum atomic E-state index is 11.4. The van der Waals surface area contributed by atoms with Gasteiger partial charge in [0.1, 0.15) is 6.10 Å². The van der Waals surface area contributed by atoms with Gasteiger partial charge in [-0.25, -0.2) is 4.79 Å². The summed E-state index contributed by atoms with van der Waals surface area (Å²) in [5.41, 5.74) is 1.05. The van der Waals surface area contributed by atoms with Gasteiger partial charge in [-0.3, -0.25) is 0 Å². The lowest BCUT2D eigenvalue weighted by atomic mass is 10.1. The fraction of sp³-hybridized carbons (Fsp3) is 0.462. The van der Waals surface area contributed by atoms with Crippen LogP contribution in [0, 0.1) is 0 Å². The highest BCUT2D eigenvalue weighted by Gasteiger charge is 2.14. The quantitative estimate of drug-likeness (QED) is 0.828. The zero-order valence-electron chi connectivity index (χ0n) is 9.90. The van der Waals surface area contributed by atoms with Gasteiger partial charge in [0.25, 0.3) is 0 Å². The number of carbonyl (C=O) groups excluding carboxylic acids is 1. The lowest BCUT2D eigenvalue weighted by molar-refractivity contribution is 0.0925. The highest BCUT2D eigenvalue weighted by atomic mass is 16.6. The first-order chi connectivity index (χ1) is 7.77. The SMILES string of the molecule is CCCC(OC(=O)NCC)c1ccccc1. The average molecular weight is 221 g/mol. The smallest absolute Gasteiger partial charge is 0.407 e. The Bertz CT molecular complexity index is 311. The van der Waals surface area contributed by atoms with Gasteiger partial charge < -0.3 is 10.1 Å². The molecule has 0 heterocycles. The van der Waals surface area contributed by atoms with E-state index in [1.165, 1.54) is 0 Å². The topological polar surface area (TPSA) is 38.3 Å². The maximum absolute atomic E-state index is 11.4. The Morgan fingerprint density at radius 3 is 2.56 bits per heavy atom. The van der Waals surface area contributed by atoms with Crippen molar-refractivity contribution in [2.24, 2.45) is 0 Å². The number of ether oxygens (including phenoxy) is 1. The minimum absolute atomic E-state index is 0.141. The van der Waals surface area contributed by atoms with E-state index in [-0.39, 0.29) is 12.2 Å². The summed E-state index contributed by atoms with van der Waals surface area (Å²) < 4.78 is 5.37. The van der Waals surface area contributed by atoms with Crippen molar-refractivity contribution in [3.05, 3.63) is 35.9 Å². The van der Waals surface area contributed by atoms with Crippen molar-refractivity contribution in [2.45, 2.75) is 32.8 Å². The second-order valence-electron chi connectivity index (χ2n) is 3.62. The number of hydrogen-bond donors (Lipinski definition) is 1. The fourth-order valence-electron chi connectivity index (χ4n) is 1.54. The molecule has 0 aliphatic heterocycles. The molecule has 0 spiro atoms. The summed E-state index contributed by atoms with van der Waals surface area (Å²) in [6.45, 7) is 4.54. The van der Waals surface area contributed by atoms with Crippen LogP contribution in [-0.4, -0.2) is 12.6 Å². The number of amides is 1. The third-order valence-electron chi connectivity index (χ3n) is 2.29. The van der Waals surface area contributed by atoms with Gasteiger partial charge in [0, 0.05) is 6.54 Å². The number of carbonyl (C=O) groups is 1. The predicted octanol–water partition coefficient (Wildman–Crippen LogP) is 3.27. The van der Waals surface area contributed by atoms with Crippen molar-refractivity contribution in [2.75, 3.05) is 6.54 Å². The molecule has 1 aromatic rings. The van der Waals surface area contributed by atoms with Gasteiger partial charge in [-0.1, -0.05) is 43.7 Å². The summed E-state index contributed by atoms with van der Waals surface area (Å²) in [6.07, 6.45) is 1.35. The highest BCUT2D eigenvalue weighted by Crippen LogP contribution is 2.22. The summed E-state index contributed by atoms with van der Waals surface area (Å²) in [4.78, 5) is 11.4. The Hall–Kier alpha value is -1.51. The molecule has 0 saturated carbocycles. The molecule has 0 radical (unpaired) electrons. The second kappa shape index (κ2) is 6.88. The highest BCUT2D eigenvalue weighted by molar-refractivity contribution is 5.67. The van der Waals surface area contributed by atoms with E-state index in [2.05, 4.69) is 12.2 Å². The van der Waals surface area contributed by atoms with Gasteiger partial charge >= 0.3 is 6.09 Å². The van der Waals surface area contributed by atoms with E-state index in [0.29, 0.717) is 6.54 Å². The first-order valence-electron chi connectivity index (χ1n) is 5.77. The molecule has 1 amide bonds. The van der Waals surface area contributed by atoms with Gasteiger partial charge in [0.2, 0.25) is 0 Å². The maximum Gasteiger partial charge on any atom is 0.407 e. The van der Waals surface area contributed by atoms with Gasteiger partial charge in [-0.2, -0.15) is 0 Å². The van der Waals surface area contributed by atoms with Gasteiger partial charge in [0.15, 0.2) is 0 Å². The van der Waals surface area contributed by atoms with Crippen LogP contribution in [0.2, 0.25) is 0 Å². The molecule has 88 valence electrons. The predicted molar refractivity (Wildman–Crippen MR) is 64.2 cm³/mol. The molecule has 1 unspecified atom stereocenters. The molecule has 0 aromatic heterocycles. The number of benzene rings is 1. The molecule has 0 bridgehead atoms. The van der Waals surface area contributed by atoms with E-state index in [1.54, 1.807) is 0 Å². The zero-order valence-corrected chi connectivity index (χ0v) is 9.90. The summed E-state index contributed by atoms with van der Waals surface area (Å²) in [5, 5.41) is 2.64. The minimum Gasteiger partial charge on any atom is -0.441 e. The Labute approximate surface area is 96.8 Å². The van der Waals surface area contributed by atoms with Crippen LogP contribution < -0.4 is 5.32 Å². The van der Waals surface area contributed by atoms with Crippen LogP contribution in [0.25, 0.3) is 0 Å². The Morgan fingerprint density at radius 1 is 1.31 bits per heavy atom. The second-order valence-corrected chi connectivity index (χ2v) is 3.62. The number of hydrogen-bond acceptors (Lipinski definition) is 2. The number of alkyl carbamates (subject to hydrolysis) is 1. The summed E-state index contributed by atoms with van der Waals surface area (Å²) in [6, 6.07) is 9.84. The molecule has 16 heavy (non-hydrogen) atoms. The van der Waals surface area contributed by atoms with Crippen molar-refractivity contribution < 1.29 is 9.53 Å². The molecule has 0 aliphatic rings. The lowest BCUT2D eigenvalue weighted by Crippen LogP contribution is -2.25. The van der Waals surface area contributed by atoms with Crippen LogP contribution in [0.3, 0.4) is 0 Å². The van der Waals surface area contributed by atoms with Crippen LogP contribution >= 0.6 is 0 Å². The minimum atomic E-state index is -0.343. The number of nitrogens with one attached hydrogen (secondary N) is 1. The summed E-state index contributed by atoms with van der Waals surface area (Å²) in [7, 11) is 0. The summed E-state index contributed by atoms with van der Waals surface area (Å²) in [5.74, 6) is 0. The van der Waals surface area contributed by atoms with Gasteiger partial charge in [-0.05, 0) is 18.9 Å². The molecule has 3 heteroatoms. The molecular weight excluding hydrogens is 202 g/mol. The van der Waals surface area contributed by atoms with E-state index in [1.807, 2.05) is 37.3 Å². The molecule has 1 aromatic carbocycles. The Kier molecular flexibility index (Phi) is 5.40. The average Bonchev–Trinajstić information content (AvgIpc) is 2.30. The van der Waals surface area contributed by atoms with Crippen molar-refractivity contribution >= 4 is 6.09 Å². The third-order valence-corrected chi connectivity index (χ3v) is 2.29. The van der Waals surface area contributed by atoms with Crippen molar-refractivity contribution in [3.8, 4) is 0 Å². The molecular formula is C13H19NO2. The monoisotopic (exact) mass is 221 g/mol. The Morgan fingerprint density at radius 2 is 2.00 bits per heavy atom. The molecule has 1 atom stereocenters. The fourth-order valence-corrected chi connectivity index (χ4v) is 1.54. The van der Waals surface area contributed by atoms with E-state index in [0.717, 1.165) is 18.4 Å². The van der Waals surface area contributed by atoms with Crippen LogP contribution in [0.4, 0.5) is 4.79 Å². The van der Waals surface area contributed by atoms with Crippen molar-refractivity contribution in [1.29, 1.82) is 0 Å². The van der Waals surface area contributed by atoms with Gasteiger partial charge in [-0.15, -0.1) is 0 Å². The molecule has 0 aliphatic carbocycles. The van der Waals surface area contributed by atoms with E-state index >= 15 is 0 Å². The normalized spacial score (nSPS) is 11.9. The first kappa shape index (κ1) is 12.6. The largest absolute Gasteiger partial charge is 0.441 e. The van der Waals surface area contributed by atoms with Crippen LogP contribution in [0.5, 0.6) is 0 Å². The van der Waals surface area contributed by atoms with Crippen molar-refractivity contribution in [1.82, 2.24) is 5.32 Å². The van der Waals surface area contributed by atoms with E-state index in [4.69, 9.17) is 4.74 Å². The molecule has 0 fully saturated rings. The molecule has 1 rings (SSSR count). The lowest BCUT2D eigenvalue weighted by Gasteiger charge is -2.17. The van der Waals surface area contributed by atoms with E-state index < -0.39 is 0 Å². The standard InChI is InChI=1S/C13H19NO2/c1-3-8-12(16-13(15)14-4-2)11-9-6-5-7-10-11/h5-7,9-10,12H,3-4,8H2,1-2H3,(H,14,15). The summed E-state index contributed by atoms with van der Waals surface area (Å²) >= 11 is 0. The first-order valence-corrected chi connectivity index (χ1v) is 5.77. The third kappa shape index (κ3) is 3.93. The zero-order chi connectivity index (χ0) is 11.8. The van der Waals surface area contributed by atoms with Crippen molar-refractivity contribution in [3.63, 3.8) is 0 Å². The molecule has 1 N–H and O–H groups in total.